The first-order valence-corrected chi connectivity index (χ1v) is 8.71. The summed E-state index contributed by atoms with van der Waals surface area (Å²) in [6, 6.07) is 5.74. The van der Waals surface area contributed by atoms with Crippen molar-refractivity contribution in [3.8, 4) is 0 Å². The third-order valence-corrected chi connectivity index (χ3v) is 5.08. The molecule has 0 saturated heterocycles. The number of nitrogens with zero attached hydrogens (tertiary/aromatic N) is 1. The van der Waals surface area contributed by atoms with Crippen LogP contribution in [0.15, 0.2) is 29.2 Å². The molecule has 0 saturated carbocycles. The zero-order valence-electron chi connectivity index (χ0n) is 13.3. The molecule has 0 radical (unpaired) electrons. The highest BCUT2D eigenvalue weighted by atomic mass is 32.2. The Morgan fingerprint density at radius 3 is 2.22 bits per heavy atom. The quantitative estimate of drug-likeness (QED) is 0.659. The fourth-order valence-corrected chi connectivity index (χ4v) is 2.77. The smallest absolute Gasteiger partial charge is 0.303 e. The van der Waals surface area contributed by atoms with E-state index < -0.39 is 16.0 Å². The third-order valence-electron chi connectivity index (χ3n) is 3.25. The highest BCUT2D eigenvalue weighted by Gasteiger charge is 2.17. The van der Waals surface area contributed by atoms with Crippen LogP contribution in [0.2, 0.25) is 0 Å². The molecule has 0 atom stereocenters. The molecule has 1 aromatic carbocycles. The molecule has 0 aliphatic rings. The molecule has 0 fully saturated rings. The largest absolute Gasteiger partial charge is 0.481 e. The normalized spacial score (nSPS) is 11.4. The molecule has 128 valence electrons. The fourth-order valence-electron chi connectivity index (χ4n) is 1.87. The zero-order chi connectivity index (χ0) is 17.5. The van der Waals surface area contributed by atoms with Crippen molar-refractivity contribution >= 4 is 21.9 Å². The van der Waals surface area contributed by atoms with E-state index in [0.29, 0.717) is 24.9 Å². The number of unbranched alkanes of at least 4 members (excludes halogenated alkanes) is 2. The highest BCUT2D eigenvalue weighted by molar-refractivity contribution is 7.89. The number of hydrogen-bond donors (Lipinski definition) is 2. The van der Waals surface area contributed by atoms with Gasteiger partial charge in [0, 0.05) is 32.6 Å². The van der Waals surface area contributed by atoms with Crippen LogP contribution in [-0.4, -0.2) is 50.3 Å². The SMILES string of the molecule is CN(C)S(=O)(=O)c1ccc(C(=O)NCCCCCC(=O)O)cc1. The first-order chi connectivity index (χ1) is 10.7. The van der Waals surface area contributed by atoms with Gasteiger partial charge in [-0.1, -0.05) is 6.42 Å². The lowest BCUT2D eigenvalue weighted by Crippen LogP contribution is -2.25. The summed E-state index contributed by atoms with van der Waals surface area (Å²) in [5.74, 6) is -1.10. The van der Waals surface area contributed by atoms with Gasteiger partial charge < -0.3 is 10.4 Å². The van der Waals surface area contributed by atoms with E-state index in [0.717, 1.165) is 10.7 Å². The van der Waals surface area contributed by atoms with Crippen LogP contribution in [0.3, 0.4) is 0 Å². The maximum atomic E-state index is 11.9. The molecule has 0 aliphatic heterocycles. The van der Waals surface area contributed by atoms with Crippen LogP contribution in [0.4, 0.5) is 0 Å². The van der Waals surface area contributed by atoms with E-state index >= 15 is 0 Å². The molecule has 0 bridgehead atoms. The molecule has 1 amide bonds. The fraction of sp³-hybridized carbons (Fsp3) is 0.467. The van der Waals surface area contributed by atoms with E-state index in [-0.39, 0.29) is 17.2 Å². The Bertz CT molecular complexity index is 638. The lowest BCUT2D eigenvalue weighted by molar-refractivity contribution is -0.137. The minimum atomic E-state index is -3.50. The van der Waals surface area contributed by atoms with Crippen molar-refractivity contribution in [2.45, 2.75) is 30.6 Å². The third kappa shape index (κ3) is 5.99. The standard InChI is InChI=1S/C15H22N2O5S/c1-17(2)23(21,22)13-9-7-12(8-10-13)15(20)16-11-5-3-4-6-14(18)19/h7-10H,3-6,11H2,1-2H3,(H,16,20)(H,18,19). The van der Waals surface area contributed by atoms with Crippen molar-refractivity contribution in [2.24, 2.45) is 0 Å². The van der Waals surface area contributed by atoms with E-state index in [1.807, 2.05) is 0 Å². The zero-order valence-corrected chi connectivity index (χ0v) is 14.1. The van der Waals surface area contributed by atoms with Gasteiger partial charge in [0.15, 0.2) is 0 Å². The number of rotatable bonds is 9. The van der Waals surface area contributed by atoms with Gasteiger partial charge in [-0.25, -0.2) is 12.7 Å². The number of carboxylic acid groups (broad SMARTS) is 1. The summed E-state index contributed by atoms with van der Waals surface area (Å²) in [5.41, 5.74) is 0.383. The van der Waals surface area contributed by atoms with Gasteiger partial charge in [0.05, 0.1) is 4.90 Å². The van der Waals surface area contributed by atoms with E-state index in [9.17, 15) is 18.0 Å². The summed E-state index contributed by atoms with van der Waals surface area (Å²) in [7, 11) is -0.610. The topological polar surface area (TPSA) is 104 Å². The lowest BCUT2D eigenvalue weighted by Gasteiger charge is -2.11. The summed E-state index contributed by atoms with van der Waals surface area (Å²) in [5, 5.41) is 11.2. The Morgan fingerprint density at radius 2 is 1.70 bits per heavy atom. The molecule has 8 heteroatoms. The molecular formula is C15H22N2O5S. The molecule has 0 spiro atoms. The Labute approximate surface area is 136 Å². The molecule has 1 rings (SSSR count). The van der Waals surface area contributed by atoms with Crippen molar-refractivity contribution in [3.63, 3.8) is 0 Å². The number of carbonyl (C=O) groups excluding carboxylic acids is 1. The minimum absolute atomic E-state index is 0.132. The molecule has 23 heavy (non-hydrogen) atoms. The Hall–Kier alpha value is -1.93. The molecular weight excluding hydrogens is 320 g/mol. The van der Waals surface area contributed by atoms with Crippen LogP contribution in [-0.2, 0) is 14.8 Å². The molecule has 0 aliphatic carbocycles. The Balaban J connectivity index is 2.47. The van der Waals surface area contributed by atoms with E-state index in [1.54, 1.807) is 0 Å². The van der Waals surface area contributed by atoms with Gasteiger partial charge in [0.2, 0.25) is 10.0 Å². The van der Waals surface area contributed by atoms with Gasteiger partial charge in [-0.2, -0.15) is 0 Å². The monoisotopic (exact) mass is 342 g/mol. The highest BCUT2D eigenvalue weighted by Crippen LogP contribution is 2.14. The molecule has 7 nitrogen and oxygen atoms in total. The average Bonchev–Trinajstić information content (AvgIpc) is 2.50. The maximum Gasteiger partial charge on any atom is 0.303 e. The number of nitrogens with one attached hydrogen (secondary N) is 1. The van der Waals surface area contributed by atoms with Crippen LogP contribution in [0, 0.1) is 0 Å². The Morgan fingerprint density at radius 1 is 1.09 bits per heavy atom. The number of carbonyl (C=O) groups is 2. The summed E-state index contributed by atoms with van der Waals surface area (Å²) >= 11 is 0. The predicted octanol–water partition coefficient (Wildman–Crippen LogP) is 1.31. The van der Waals surface area contributed by atoms with Crippen molar-refractivity contribution in [1.29, 1.82) is 0 Å². The maximum absolute atomic E-state index is 11.9. The number of benzene rings is 1. The second-order valence-corrected chi connectivity index (χ2v) is 7.42. The number of hydrogen-bond acceptors (Lipinski definition) is 4. The van der Waals surface area contributed by atoms with Crippen LogP contribution in [0.25, 0.3) is 0 Å². The first kappa shape index (κ1) is 19.1. The Kier molecular flexibility index (Phi) is 7.18. The van der Waals surface area contributed by atoms with Gasteiger partial charge in [0.25, 0.3) is 5.91 Å². The lowest BCUT2D eigenvalue weighted by atomic mass is 10.2. The summed E-state index contributed by atoms with van der Waals surface area (Å²) in [4.78, 5) is 22.4. The van der Waals surface area contributed by atoms with E-state index in [4.69, 9.17) is 5.11 Å². The molecule has 0 aromatic heterocycles. The van der Waals surface area contributed by atoms with Crippen LogP contribution >= 0.6 is 0 Å². The van der Waals surface area contributed by atoms with Gasteiger partial charge in [-0.05, 0) is 37.1 Å². The second-order valence-electron chi connectivity index (χ2n) is 5.27. The summed E-state index contributed by atoms with van der Waals surface area (Å²) < 4.78 is 24.9. The number of aliphatic carboxylic acids is 1. The van der Waals surface area contributed by atoms with Gasteiger partial charge in [0.1, 0.15) is 0 Å². The van der Waals surface area contributed by atoms with E-state index in [2.05, 4.69) is 5.32 Å². The van der Waals surface area contributed by atoms with Crippen LogP contribution in [0.1, 0.15) is 36.0 Å². The van der Waals surface area contributed by atoms with Crippen molar-refractivity contribution in [2.75, 3.05) is 20.6 Å². The van der Waals surface area contributed by atoms with Gasteiger partial charge in [-0.3, -0.25) is 9.59 Å². The van der Waals surface area contributed by atoms with Crippen molar-refractivity contribution < 1.29 is 23.1 Å². The van der Waals surface area contributed by atoms with Gasteiger partial charge in [-0.15, -0.1) is 0 Å². The van der Waals surface area contributed by atoms with Crippen molar-refractivity contribution in [1.82, 2.24) is 9.62 Å². The molecule has 2 N–H and O–H groups in total. The summed E-state index contributed by atoms with van der Waals surface area (Å²) in [6.07, 6.45) is 2.15. The van der Waals surface area contributed by atoms with E-state index in [1.165, 1.54) is 38.4 Å². The summed E-state index contributed by atoms with van der Waals surface area (Å²) in [6.45, 7) is 0.455. The second kappa shape index (κ2) is 8.64. The number of amides is 1. The molecule has 1 aromatic rings. The minimum Gasteiger partial charge on any atom is -0.481 e. The molecule has 0 heterocycles. The number of sulfonamides is 1. The van der Waals surface area contributed by atoms with Gasteiger partial charge >= 0.3 is 5.97 Å². The average molecular weight is 342 g/mol. The number of carboxylic acids is 1. The molecule has 0 unspecified atom stereocenters. The van der Waals surface area contributed by atoms with Crippen LogP contribution in [0.5, 0.6) is 0 Å². The first-order valence-electron chi connectivity index (χ1n) is 7.27. The van der Waals surface area contributed by atoms with Crippen molar-refractivity contribution in [3.05, 3.63) is 29.8 Å². The predicted molar refractivity (Wildman–Crippen MR) is 85.8 cm³/mol. The van der Waals surface area contributed by atoms with Crippen LogP contribution < -0.4 is 5.32 Å².